The Morgan fingerprint density at radius 2 is 1.56 bits per heavy atom. The van der Waals surface area contributed by atoms with Gasteiger partial charge in [0, 0.05) is 51.3 Å². The minimum absolute atomic E-state index is 0.0128. The number of carbonyl (C=O) groups excluding carboxylic acids is 3. The van der Waals surface area contributed by atoms with E-state index in [0.717, 1.165) is 68.9 Å². The highest BCUT2D eigenvalue weighted by molar-refractivity contribution is 6.00. The van der Waals surface area contributed by atoms with Crippen LogP contribution in [0.4, 0.5) is 0 Å². The van der Waals surface area contributed by atoms with Crippen molar-refractivity contribution in [1.29, 1.82) is 0 Å². The molecule has 9 aliphatic rings. The Morgan fingerprint density at radius 1 is 0.860 bits per heavy atom. The summed E-state index contributed by atoms with van der Waals surface area (Å²) in [4.78, 5) is 45.8. The van der Waals surface area contributed by atoms with Gasteiger partial charge in [-0.3, -0.25) is 14.4 Å². The molecule has 1 aromatic rings. The number of esters is 1. The molecule has 10 atom stereocenters. The predicted molar refractivity (Wildman–Crippen MR) is 215 cm³/mol. The van der Waals surface area contributed by atoms with Crippen molar-refractivity contribution in [3.05, 3.63) is 47.6 Å². The Labute approximate surface area is 339 Å². The van der Waals surface area contributed by atoms with Crippen LogP contribution in [0, 0.1) is 50.2 Å². The Balaban J connectivity index is 1.13. The van der Waals surface area contributed by atoms with Gasteiger partial charge in [-0.15, -0.1) is 0 Å². The molecule has 57 heavy (non-hydrogen) atoms. The summed E-state index contributed by atoms with van der Waals surface area (Å²) in [5.74, 6) is 1.11. The number of aliphatic hydroxyl groups excluding tert-OH is 1. The summed E-state index contributed by atoms with van der Waals surface area (Å²) in [5.41, 5.74) is -4.11. The van der Waals surface area contributed by atoms with Crippen molar-refractivity contribution in [3.8, 4) is 11.5 Å². The summed E-state index contributed by atoms with van der Waals surface area (Å²) in [6.07, 6.45) is 18.0. The average molecular weight is 784 g/mol. The minimum atomic E-state index is -1.36. The maximum absolute atomic E-state index is 15.4. The second-order valence-corrected chi connectivity index (χ2v) is 21.0. The summed E-state index contributed by atoms with van der Waals surface area (Å²) in [7, 11) is 3.21. The van der Waals surface area contributed by atoms with Crippen LogP contribution in [-0.4, -0.2) is 70.8 Å². The first-order valence-corrected chi connectivity index (χ1v) is 22.0. The third-order valence-electron chi connectivity index (χ3n) is 19.0. The number of amides is 1. The molecule has 310 valence electrons. The third-order valence-corrected chi connectivity index (χ3v) is 19.0. The van der Waals surface area contributed by atoms with Gasteiger partial charge in [-0.1, -0.05) is 65.2 Å². The van der Waals surface area contributed by atoms with Gasteiger partial charge < -0.3 is 29.3 Å². The molecule has 4 bridgehead atoms. The quantitative estimate of drug-likeness (QED) is 0.192. The fraction of sp³-hybridized carbons (Fsp3) is 0.729. The molecular formula is C48H65NO8. The van der Waals surface area contributed by atoms with E-state index in [1.54, 1.807) is 19.1 Å². The molecule has 8 aliphatic carbocycles. The standard InChI is InChI=1S/C48H65NO8/c1-41(2)44(5)21-24-48(41,57-40(44)53)39(52)49(28-31-13-14-33(55-6)25-35(31)56-7)29-46(54)20-17-37-43(46,4)19-16-36-42(3)18-15-32(50)26-45(42)22-23-47(36,37)34(27-45)38(51)30-11-9-8-10-12-30/h13-14,22-23,25,27,30,32,36-37,50,54H,8-12,15-21,24,26,28-29H2,1-7H3. The average Bonchev–Trinajstić information content (AvgIpc) is 3.65. The number of hydrogen-bond acceptors (Lipinski definition) is 8. The summed E-state index contributed by atoms with van der Waals surface area (Å²) in [5, 5.41) is 24.6. The molecule has 0 aromatic heterocycles. The molecule has 1 heterocycles. The van der Waals surface area contributed by atoms with E-state index >= 15 is 9.59 Å². The van der Waals surface area contributed by atoms with Gasteiger partial charge in [0.15, 0.2) is 11.4 Å². The number of ether oxygens (including phenoxy) is 3. The number of rotatable bonds is 9. The second kappa shape index (κ2) is 12.7. The Morgan fingerprint density at radius 3 is 2.23 bits per heavy atom. The minimum Gasteiger partial charge on any atom is -0.497 e. The van der Waals surface area contributed by atoms with Gasteiger partial charge in [0.1, 0.15) is 11.5 Å². The van der Waals surface area contributed by atoms with Crippen LogP contribution in [0.25, 0.3) is 0 Å². The SMILES string of the molecule is COc1ccc(CN(CC2(O)CCC3C45C=CC6(C=C4C(=O)C4CCCCC4)CC(O)CCC6(C)C5CCC32C)C(=O)C23CCC(C)(C(=O)O2)C3(C)C)c(OC)c1. The van der Waals surface area contributed by atoms with Crippen LogP contribution in [0.5, 0.6) is 11.5 Å². The number of aliphatic hydroxyl groups is 2. The number of fused-ring (bicyclic) bond motifs is 3. The van der Waals surface area contributed by atoms with E-state index in [1.165, 1.54) is 6.42 Å². The van der Waals surface area contributed by atoms with Crippen molar-refractivity contribution in [2.75, 3.05) is 20.8 Å². The van der Waals surface area contributed by atoms with Crippen LogP contribution >= 0.6 is 0 Å². The monoisotopic (exact) mass is 783 g/mol. The van der Waals surface area contributed by atoms with Gasteiger partial charge in [-0.05, 0) is 107 Å². The first-order chi connectivity index (χ1) is 26.9. The lowest BCUT2D eigenvalue weighted by Gasteiger charge is -2.71. The maximum atomic E-state index is 15.4. The van der Waals surface area contributed by atoms with Crippen LogP contribution in [0.2, 0.25) is 0 Å². The summed E-state index contributed by atoms with van der Waals surface area (Å²) in [6.45, 7) is 10.8. The molecule has 1 aromatic carbocycles. The van der Waals surface area contributed by atoms with E-state index in [1.807, 2.05) is 39.0 Å². The largest absolute Gasteiger partial charge is 0.497 e. The third kappa shape index (κ3) is 4.85. The van der Waals surface area contributed by atoms with Gasteiger partial charge in [-0.25, -0.2) is 0 Å². The van der Waals surface area contributed by atoms with Crippen molar-refractivity contribution in [3.63, 3.8) is 0 Å². The molecule has 0 radical (unpaired) electrons. The number of methoxy groups -OCH3 is 2. The maximum Gasteiger partial charge on any atom is 0.313 e. The fourth-order valence-corrected chi connectivity index (χ4v) is 14.9. The normalized spacial score (nSPS) is 43.8. The number of Topliss-reactive ketones (excluding diaryl/α,β-unsaturated/α-hetero) is 1. The highest BCUT2D eigenvalue weighted by atomic mass is 16.6. The lowest BCUT2D eigenvalue weighted by atomic mass is 9.32. The number of carbonyl (C=O) groups is 3. The van der Waals surface area contributed by atoms with E-state index in [4.69, 9.17) is 14.2 Å². The molecule has 1 aliphatic heterocycles. The Bertz CT molecular complexity index is 1950. The first kappa shape index (κ1) is 39.3. The first-order valence-electron chi connectivity index (χ1n) is 22.0. The van der Waals surface area contributed by atoms with E-state index in [2.05, 4.69) is 32.1 Å². The van der Waals surface area contributed by atoms with Crippen molar-refractivity contribution in [2.24, 2.45) is 50.2 Å². The zero-order chi connectivity index (χ0) is 40.6. The highest BCUT2D eigenvalue weighted by Gasteiger charge is 2.78. The van der Waals surface area contributed by atoms with Crippen molar-refractivity contribution >= 4 is 17.7 Å². The molecule has 5 saturated carbocycles. The number of allylic oxidation sites excluding steroid dienone is 4. The molecule has 1 saturated heterocycles. The number of ketones is 1. The molecule has 2 spiro atoms. The molecule has 2 N–H and O–H groups in total. The molecule has 1 amide bonds. The van der Waals surface area contributed by atoms with Gasteiger partial charge in [0.2, 0.25) is 0 Å². The number of benzene rings is 1. The Kier molecular flexibility index (Phi) is 8.74. The smallest absolute Gasteiger partial charge is 0.313 e. The summed E-state index contributed by atoms with van der Waals surface area (Å²) >= 11 is 0. The fourth-order valence-electron chi connectivity index (χ4n) is 14.9. The van der Waals surface area contributed by atoms with Crippen molar-refractivity contribution < 1.29 is 38.8 Å². The lowest BCUT2D eigenvalue weighted by molar-refractivity contribution is -0.189. The van der Waals surface area contributed by atoms with Crippen LogP contribution in [-0.2, 0) is 25.7 Å². The summed E-state index contributed by atoms with van der Waals surface area (Å²) in [6, 6.07) is 5.57. The van der Waals surface area contributed by atoms with E-state index in [0.29, 0.717) is 43.0 Å². The van der Waals surface area contributed by atoms with Crippen LogP contribution in [0.1, 0.15) is 130 Å². The van der Waals surface area contributed by atoms with Crippen LogP contribution in [0.3, 0.4) is 0 Å². The van der Waals surface area contributed by atoms with Gasteiger partial charge in [-0.2, -0.15) is 0 Å². The molecule has 6 fully saturated rings. The van der Waals surface area contributed by atoms with Crippen molar-refractivity contribution in [1.82, 2.24) is 4.90 Å². The summed E-state index contributed by atoms with van der Waals surface area (Å²) < 4.78 is 17.5. The Hall–Kier alpha value is -3.17. The molecule has 9 heteroatoms. The van der Waals surface area contributed by atoms with Crippen LogP contribution in [0.15, 0.2) is 42.0 Å². The van der Waals surface area contributed by atoms with E-state index < -0.39 is 39.0 Å². The highest BCUT2D eigenvalue weighted by Crippen LogP contribution is 2.78. The van der Waals surface area contributed by atoms with Gasteiger partial charge >= 0.3 is 5.97 Å². The molecule has 10 unspecified atom stereocenters. The zero-order valence-electron chi connectivity index (χ0n) is 35.4. The molecular weight excluding hydrogens is 719 g/mol. The van der Waals surface area contributed by atoms with Crippen molar-refractivity contribution in [2.45, 2.75) is 148 Å². The molecule has 10 rings (SSSR count). The van der Waals surface area contributed by atoms with E-state index in [-0.39, 0.29) is 53.5 Å². The molecule has 9 nitrogen and oxygen atoms in total. The zero-order valence-corrected chi connectivity index (χ0v) is 35.4. The van der Waals surface area contributed by atoms with Crippen LogP contribution < -0.4 is 9.47 Å². The van der Waals surface area contributed by atoms with Gasteiger partial charge in [0.05, 0.1) is 37.9 Å². The predicted octanol–water partition coefficient (Wildman–Crippen LogP) is 7.89. The second-order valence-electron chi connectivity index (χ2n) is 21.0. The number of nitrogens with zero attached hydrogens (tertiary/aromatic N) is 1. The van der Waals surface area contributed by atoms with E-state index in [9.17, 15) is 15.0 Å². The number of hydrogen-bond donors (Lipinski definition) is 2. The topological polar surface area (TPSA) is 123 Å². The van der Waals surface area contributed by atoms with Gasteiger partial charge in [0.25, 0.3) is 5.91 Å². The lowest BCUT2D eigenvalue weighted by Crippen LogP contribution is -2.68.